The van der Waals surface area contributed by atoms with Gasteiger partial charge in [0.25, 0.3) is 0 Å². The predicted octanol–water partition coefficient (Wildman–Crippen LogP) is 2.16. The summed E-state index contributed by atoms with van der Waals surface area (Å²) in [6.07, 6.45) is 7.40. The Morgan fingerprint density at radius 3 is 2.83 bits per heavy atom. The second kappa shape index (κ2) is 6.16. The average molecular weight is 252 g/mol. The zero-order chi connectivity index (χ0) is 13.0. The average Bonchev–Trinajstić information content (AvgIpc) is 2.39. The molecule has 2 aliphatic heterocycles. The third kappa shape index (κ3) is 3.33. The second-order valence-corrected chi connectivity index (χ2v) is 6.44. The van der Waals surface area contributed by atoms with Crippen LogP contribution >= 0.6 is 0 Å². The van der Waals surface area contributed by atoms with Crippen LogP contribution in [-0.2, 0) is 4.79 Å². The van der Waals surface area contributed by atoms with E-state index in [0.717, 1.165) is 32.0 Å². The van der Waals surface area contributed by atoms with Crippen molar-refractivity contribution in [3.8, 4) is 0 Å². The van der Waals surface area contributed by atoms with Crippen molar-refractivity contribution in [3.63, 3.8) is 0 Å². The number of hydrogen-bond acceptors (Lipinski definition) is 3. The highest BCUT2D eigenvalue weighted by molar-refractivity contribution is 5.59. The van der Waals surface area contributed by atoms with Gasteiger partial charge in [-0.2, -0.15) is 0 Å². The van der Waals surface area contributed by atoms with Crippen LogP contribution in [0, 0.1) is 5.41 Å². The molecular formula is C15H28N2O. The van der Waals surface area contributed by atoms with Gasteiger partial charge in [-0.25, -0.2) is 0 Å². The Hall–Kier alpha value is -0.410. The molecule has 0 saturated carbocycles. The summed E-state index contributed by atoms with van der Waals surface area (Å²) in [5, 5.41) is 0. The van der Waals surface area contributed by atoms with Crippen LogP contribution in [0.3, 0.4) is 0 Å². The van der Waals surface area contributed by atoms with E-state index in [-0.39, 0.29) is 5.41 Å². The summed E-state index contributed by atoms with van der Waals surface area (Å²) in [7, 11) is 0. The van der Waals surface area contributed by atoms with Crippen LogP contribution in [0.2, 0.25) is 0 Å². The highest BCUT2D eigenvalue weighted by Gasteiger charge is 2.32. The van der Waals surface area contributed by atoms with E-state index in [4.69, 9.17) is 0 Å². The third-order valence-corrected chi connectivity index (χ3v) is 4.61. The Bertz CT molecular complexity index is 282. The first kappa shape index (κ1) is 14.0. The van der Waals surface area contributed by atoms with E-state index < -0.39 is 0 Å². The SMILES string of the molecule is CCCC(C)(C=O)CN1CCN2CCCCC2C1. The van der Waals surface area contributed by atoms with Crippen LogP contribution in [0.5, 0.6) is 0 Å². The van der Waals surface area contributed by atoms with Crippen molar-refractivity contribution in [1.82, 2.24) is 9.80 Å². The van der Waals surface area contributed by atoms with Gasteiger partial charge in [0.2, 0.25) is 0 Å². The minimum atomic E-state index is -0.133. The standard InChI is InChI=1S/C15H28N2O/c1-3-7-15(2,13-18)12-16-9-10-17-8-5-4-6-14(17)11-16/h13-14H,3-12H2,1-2H3. The molecule has 0 aromatic rings. The maximum absolute atomic E-state index is 11.3. The molecule has 0 aromatic carbocycles. The molecule has 2 heterocycles. The summed E-state index contributed by atoms with van der Waals surface area (Å²) in [6, 6.07) is 0.755. The number of carbonyl (C=O) groups is 1. The molecule has 18 heavy (non-hydrogen) atoms. The minimum Gasteiger partial charge on any atom is -0.303 e. The monoisotopic (exact) mass is 252 g/mol. The molecule has 2 saturated heterocycles. The smallest absolute Gasteiger partial charge is 0.127 e. The first-order valence-electron chi connectivity index (χ1n) is 7.59. The number of aldehydes is 1. The molecule has 3 heteroatoms. The maximum atomic E-state index is 11.3. The lowest BCUT2D eigenvalue weighted by Crippen LogP contribution is -2.56. The topological polar surface area (TPSA) is 23.6 Å². The predicted molar refractivity (Wildman–Crippen MR) is 74.7 cm³/mol. The lowest BCUT2D eigenvalue weighted by molar-refractivity contribution is -0.117. The molecule has 0 radical (unpaired) electrons. The normalized spacial score (nSPS) is 29.6. The number of rotatable bonds is 5. The minimum absolute atomic E-state index is 0.133. The Kier molecular flexibility index (Phi) is 4.79. The first-order chi connectivity index (χ1) is 8.67. The third-order valence-electron chi connectivity index (χ3n) is 4.61. The Labute approximate surface area is 112 Å². The van der Waals surface area contributed by atoms with Gasteiger partial charge in [-0.3, -0.25) is 9.80 Å². The van der Waals surface area contributed by atoms with Crippen LogP contribution in [0.4, 0.5) is 0 Å². The molecular weight excluding hydrogens is 224 g/mol. The Balaban J connectivity index is 1.88. The van der Waals surface area contributed by atoms with Crippen molar-refractivity contribution in [1.29, 1.82) is 0 Å². The van der Waals surface area contributed by atoms with E-state index in [1.54, 1.807) is 0 Å². The highest BCUT2D eigenvalue weighted by Crippen LogP contribution is 2.26. The molecule has 0 bridgehead atoms. The Morgan fingerprint density at radius 1 is 1.28 bits per heavy atom. The van der Waals surface area contributed by atoms with E-state index in [9.17, 15) is 4.79 Å². The van der Waals surface area contributed by atoms with Crippen LogP contribution in [-0.4, -0.2) is 54.9 Å². The zero-order valence-corrected chi connectivity index (χ0v) is 12.0. The summed E-state index contributed by atoms with van der Waals surface area (Å²) in [4.78, 5) is 16.5. The molecule has 2 unspecified atom stereocenters. The molecule has 2 rings (SSSR count). The number of fused-ring (bicyclic) bond motifs is 1. The van der Waals surface area contributed by atoms with E-state index in [1.165, 1.54) is 45.2 Å². The molecule has 2 aliphatic rings. The Morgan fingerprint density at radius 2 is 2.11 bits per heavy atom. The van der Waals surface area contributed by atoms with Crippen molar-refractivity contribution in [2.75, 3.05) is 32.7 Å². The molecule has 3 nitrogen and oxygen atoms in total. The van der Waals surface area contributed by atoms with Gasteiger partial charge in [0, 0.05) is 37.6 Å². The number of carbonyl (C=O) groups excluding carboxylic acids is 1. The number of nitrogens with zero attached hydrogens (tertiary/aromatic N) is 2. The lowest BCUT2D eigenvalue weighted by Gasteiger charge is -2.45. The first-order valence-corrected chi connectivity index (χ1v) is 7.59. The van der Waals surface area contributed by atoms with Gasteiger partial charge in [0.1, 0.15) is 6.29 Å². The van der Waals surface area contributed by atoms with E-state index in [0.29, 0.717) is 0 Å². The van der Waals surface area contributed by atoms with Crippen molar-refractivity contribution in [3.05, 3.63) is 0 Å². The summed E-state index contributed by atoms with van der Waals surface area (Å²) in [5.41, 5.74) is -0.133. The summed E-state index contributed by atoms with van der Waals surface area (Å²) >= 11 is 0. The quantitative estimate of drug-likeness (QED) is 0.701. The number of piperazine rings is 1. The van der Waals surface area contributed by atoms with Crippen LogP contribution < -0.4 is 0 Å². The summed E-state index contributed by atoms with van der Waals surface area (Å²) in [5.74, 6) is 0. The van der Waals surface area contributed by atoms with Crippen molar-refractivity contribution in [2.45, 2.75) is 52.0 Å². The second-order valence-electron chi connectivity index (χ2n) is 6.44. The van der Waals surface area contributed by atoms with Crippen molar-refractivity contribution in [2.24, 2.45) is 5.41 Å². The van der Waals surface area contributed by atoms with E-state index in [2.05, 4.69) is 23.6 Å². The maximum Gasteiger partial charge on any atom is 0.127 e. The number of piperidine rings is 1. The summed E-state index contributed by atoms with van der Waals surface area (Å²) in [6.45, 7) is 10.0. The zero-order valence-electron chi connectivity index (χ0n) is 12.0. The van der Waals surface area contributed by atoms with Crippen LogP contribution in [0.25, 0.3) is 0 Å². The molecule has 2 fully saturated rings. The molecule has 0 spiro atoms. The molecule has 0 amide bonds. The fraction of sp³-hybridized carbons (Fsp3) is 0.933. The largest absolute Gasteiger partial charge is 0.303 e. The number of hydrogen-bond donors (Lipinski definition) is 0. The van der Waals surface area contributed by atoms with E-state index >= 15 is 0 Å². The van der Waals surface area contributed by atoms with Gasteiger partial charge in [-0.05, 0) is 25.8 Å². The van der Waals surface area contributed by atoms with E-state index in [1.807, 2.05) is 0 Å². The van der Waals surface area contributed by atoms with Crippen molar-refractivity contribution < 1.29 is 4.79 Å². The molecule has 104 valence electrons. The molecule has 0 aromatic heterocycles. The molecule has 2 atom stereocenters. The fourth-order valence-electron chi connectivity index (χ4n) is 3.62. The highest BCUT2D eigenvalue weighted by atomic mass is 16.1. The van der Waals surface area contributed by atoms with Gasteiger partial charge in [0.15, 0.2) is 0 Å². The van der Waals surface area contributed by atoms with Crippen LogP contribution in [0.1, 0.15) is 46.0 Å². The van der Waals surface area contributed by atoms with Gasteiger partial charge < -0.3 is 4.79 Å². The van der Waals surface area contributed by atoms with Gasteiger partial charge in [-0.15, -0.1) is 0 Å². The lowest BCUT2D eigenvalue weighted by atomic mass is 9.86. The van der Waals surface area contributed by atoms with Crippen LogP contribution in [0.15, 0.2) is 0 Å². The van der Waals surface area contributed by atoms with Gasteiger partial charge in [0.05, 0.1) is 0 Å². The van der Waals surface area contributed by atoms with Gasteiger partial charge in [-0.1, -0.05) is 26.7 Å². The fourth-order valence-corrected chi connectivity index (χ4v) is 3.62. The molecule has 0 N–H and O–H groups in total. The van der Waals surface area contributed by atoms with Gasteiger partial charge >= 0.3 is 0 Å². The van der Waals surface area contributed by atoms with Crippen molar-refractivity contribution >= 4 is 6.29 Å². The molecule has 0 aliphatic carbocycles. The summed E-state index contributed by atoms with van der Waals surface area (Å²) < 4.78 is 0.